The minimum absolute atomic E-state index is 0.193. The van der Waals surface area contributed by atoms with Crippen molar-refractivity contribution >= 4 is 23.6 Å². The normalized spacial score (nSPS) is 10.1. The van der Waals surface area contributed by atoms with Crippen LogP contribution >= 0.6 is 0 Å². The Morgan fingerprint density at radius 2 is 1.47 bits per heavy atom. The summed E-state index contributed by atoms with van der Waals surface area (Å²) in [5, 5.41) is 5.35. The highest BCUT2D eigenvalue weighted by atomic mass is 16.5. The van der Waals surface area contributed by atoms with Gasteiger partial charge in [-0.3, -0.25) is 9.59 Å². The number of primary amides is 1. The standard InChI is InChI=1S/C23H21N3O4/c24-21(27)19-8-4-5-9-20(19)26-22(28)18-12-10-16(11-13-18)14-25-23(29)30-15-17-6-2-1-3-7-17/h1-13H,14-15H2,(H2,24,27)(H,25,29)(H,26,28). The van der Waals surface area contributed by atoms with Crippen LogP contribution in [-0.2, 0) is 17.9 Å². The van der Waals surface area contributed by atoms with E-state index in [9.17, 15) is 14.4 Å². The van der Waals surface area contributed by atoms with E-state index in [-0.39, 0.29) is 24.6 Å². The summed E-state index contributed by atoms with van der Waals surface area (Å²) in [7, 11) is 0. The van der Waals surface area contributed by atoms with Crippen molar-refractivity contribution in [2.24, 2.45) is 5.73 Å². The van der Waals surface area contributed by atoms with Gasteiger partial charge in [0.1, 0.15) is 6.61 Å². The number of rotatable bonds is 7. The maximum atomic E-state index is 12.4. The minimum Gasteiger partial charge on any atom is -0.445 e. The Kier molecular flexibility index (Phi) is 6.78. The molecule has 0 aliphatic rings. The fourth-order valence-corrected chi connectivity index (χ4v) is 2.72. The number of alkyl carbamates (subject to hydrolysis) is 1. The molecule has 0 bridgehead atoms. The van der Waals surface area contributed by atoms with Crippen molar-refractivity contribution in [2.45, 2.75) is 13.2 Å². The molecule has 0 unspecified atom stereocenters. The van der Waals surface area contributed by atoms with Crippen LogP contribution in [-0.4, -0.2) is 17.9 Å². The van der Waals surface area contributed by atoms with Crippen LogP contribution in [0.4, 0.5) is 10.5 Å². The summed E-state index contributed by atoms with van der Waals surface area (Å²) in [4.78, 5) is 35.7. The fourth-order valence-electron chi connectivity index (χ4n) is 2.72. The molecule has 3 amide bonds. The molecule has 0 aromatic heterocycles. The van der Waals surface area contributed by atoms with Gasteiger partial charge in [0.15, 0.2) is 0 Å². The van der Waals surface area contributed by atoms with Crippen molar-refractivity contribution in [3.63, 3.8) is 0 Å². The fraction of sp³-hybridized carbons (Fsp3) is 0.0870. The Labute approximate surface area is 173 Å². The van der Waals surface area contributed by atoms with Crippen LogP contribution in [0, 0.1) is 0 Å². The van der Waals surface area contributed by atoms with Crippen LogP contribution in [0.5, 0.6) is 0 Å². The van der Waals surface area contributed by atoms with E-state index < -0.39 is 12.0 Å². The third-order valence-electron chi connectivity index (χ3n) is 4.31. The van der Waals surface area contributed by atoms with E-state index in [0.29, 0.717) is 11.3 Å². The summed E-state index contributed by atoms with van der Waals surface area (Å²) in [6.45, 7) is 0.457. The van der Waals surface area contributed by atoms with Crippen LogP contribution in [0.2, 0.25) is 0 Å². The molecular weight excluding hydrogens is 382 g/mol. The lowest BCUT2D eigenvalue weighted by Gasteiger charge is -2.10. The van der Waals surface area contributed by atoms with Gasteiger partial charge < -0.3 is 21.1 Å². The van der Waals surface area contributed by atoms with Gasteiger partial charge in [0.05, 0.1) is 11.3 Å². The van der Waals surface area contributed by atoms with Gasteiger partial charge in [-0.2, -0.15) is 0 Å². The first-order valence-electron chi connectivity index (χ1n) is 9.26. The molecule has 3 aromatic rings. The van der Waals surface area contributed by atoms with E-state index in [2.05, 4.69) is 10.6 Å². The molecule has 0 radical (unpaired) electrons. The number of ether oxygens (including phenoxy) is 1. The number of carbonyl (C=O) groups excluding carboxylic acids is 3. The molecule has 30 heavy (non-hydrogen) atoms. The average molecular weight is 403 g/mol. The topological polar surface area (TPSA) is 111 Å². The Bertz CT molecular complexity index is 1030. The highest BCUT2D eigenvalue weighted by Gasteiger charge is 2.12. The molecule has 0 saturated heterocycles. The van der Waals surface area contributed by atoms with Crippen molar-refractivity contribution in [3.05, 3.63) is 101 Å². The van der Waals surface area contributed by atoms with Gasteiger partial charge in [0.2, 0.25) is 0 Å². The van der Waals surface area contributed by atoms with Gasteiger partial charge in [-0.15, -0.1) is 0 Å². The van der Waals surface area contributed by atoms with Gasteiger partial charge >= 0.3 is 6.09 Å². The summed E-state index contributed by atoms with van der Waals surface area (Å²) >= 11 is 0. The van der Waals surface area contributed by atoms with E-state index in [1.165, 1.54) is 0 Å². The molecule has 4 N–H and O–H groups in total. The first kappa shape index (κ1) is 20.6. The van der Waals surface area contributed by atoms with Crippen LogP contribution < -0.4 is 16.4 Å². The molecule has 3 aromatic carbocycles. The molecule has 0 heterocycles. The predicted molar refractivity (Wildman–Crippen MR) is 113 cm³/mol. The Morgan fingerprint density at radius 3 is 2.17 bits per heavy atom. The van der Waals surface area contributed by atoms with Crippen LogP contribution in [0.3, 0.4) is 0 Å². The molecule has 0 spiro atoms. The van der Waals surface area contributed by atoms with Crippen LogP contribution in [0.1, 0.15) is 31.8 Å². The quantitative estimate of drug-likeness (QED) is 0.561. The first-order chi connectivity index (χ1) is 14.5. The number of amides is 3. The van der Waals surface area contributed by atoms with E-state index >= 15 is 0 Å². The van der Waals surface area contributed by atoms with Crippen molar-refractivity contribution in [1.82, 2.24) is 5.32 Å². The molecule has 0 atom stereocenters. The number of para-hydroxylation sites is 1. The summed E-state index contributed by atoms with van der Waals surface area (Å²) in [5.41, 5.74) is 8.03. The maximum Gasteiger partial charge on any atom is 0.407 e. The second-order valence-electron chi connectivity index (χ2n) is 6.48. The Morgan fingerprint density at radius 1 is 0.800 bits per heavy atom. The third kappa shape index (κ3) is 5.68. The second-order valence-corrected chi connectivity index (χ2v) is 6.48. The first-order valence-corrected chi connectivity index (χ1v) is 9.26. The van der Waals surface area contributed by atoms with Crippen molar-refractivity contribution in [2.75, 3.05) is 5.32 Å². The molecule has 0 fully saturated rings. The van der Waals surface area contributed by atoms with Crippen LogP contribution in [0.15, 0.2) is 78.9 Å². The average Bonchev–Trinajstić information content (AvgIpc) is 2.77. The molecule has 7 nitrogen and oxygen atoms in total. The lowest BCUT2D eigenvalue weighted by Crippen LogP contribution is -2.23. The molecule has 7 heteroatoms. The molecule has 0 saturated carbocycles. The molecule has 0 aliphatic carbocycles. The highest BCUT2D eigenvalue weighted by molar-refractivity contribution is 6.08. The van der Waals surface area contributed by atoms with Gasteiger partial charge in [0.25, 0.3) is 11.8 Å². The van der Waals surface area contributed by atoms with E-state index in [1.807, 2.05) is 30.3 Å². The number of hydrogen-bond acceptors (Lipinski definition) is 4. The number of nitrogens with two attached hydrogens (primary N) is 1. The number of hydrogen-bond donors (Lipinski definition) is 3. The lowest BCUT2D eigenvalue weighted by molar-refractivity contribution is 0.100. The summed E-state index contributed by atoms with van der Waals surface area (Å²) in [5.74, 6) is -0.989. The van der Waals surface area contributed by atoms with Gasteiger partial charge in [-0.05, 0) is 35.4 Å². The zero-order chi connectivity index (χ0) is 21.3. The van der Waals surface area contributed by atoms with E-state index in [1.54, 1.807) is 48.5 Å². The molecule has 3 rings (SSSR count). The predicted octanol–water partition coefficient (Wildman–Crippen LogP) is 3.46. The second kappa shape index (κ2) is 9.88. The zero-order valence-corrected chi connectivity index (χ0v) is 16.1. The number of benzene rings is 3. The third-order valence-corrected chi connectivity index (χ3v) is 4.31. The summed E-state index contributed by atoms with van der Waals surface area (Å²) in [6, 6.07) is 22.6. The van der Waals surface area contributed by atoms with Crippen molar-refractivity contribution in [1.29, 1.82) is 0 Å². The Hall–Kier alpha value is -4.13. The number of carbonyl (C=O) groups is 3. The van der Waals surface area contributed by atoms with E-state index in [4.69, 9.17) is 10.5 Å². The smallest absolute Gasteiger partial charge is 0.407 e. The lowest BCUT2D eigenvalue weighted by atomic mass is 10.1. The largest absolute Gasteiger partial charge is 0.445 e. The number of nitrogens with one attached hydrogen (secondary N) is 2. The highest BCUT2D eigenvalue weighted by Crippen LogP contribution is 2.16. The summed E-state index contributed by atoms with van der Waals surface area (Å²) in [6.07, 6.45) is -0.524. The monoisotopic (exact) mass is 403 g/mol. The SMILES string of the molecule is NC(=O)c1ccccc1NC(=O)c1ccc(CNC(=O)OCc2ccccc2)cc1. The number of anilines is 1. The molecular formula is C23H21N3O4. The van der Waals surface area contributed by atoms with Crippen LogP contribution in [0.25, 0.3) is 0 Å². The minimum atomic E-state index is -0.619. The maximum absolute atomic E-state index is 12.4. The Balaban J connectivity index is 1.51. The van der Waals surface area contributed by atoms with Crippen molar-refractivity contribution < 1.29 is 19.1 Å². The van der Waals surface area contributed by atoms with Gasteiger partial charge in [-0.1, -0.05) is 54.6 Å². The van der Waals surface area contributed by atoms with Crippen molar-refractivity contribution in [3.8, 4) is 0 Å². The molecule has 0 aliphatic heterocycles. The van der Waals surface area contributed by atoms with E-state index in [0.717, 1.165) is 11.1 Å². The zero-order valence-electron chi connectivity index (χ0n) is 16.1. The summed E-state index contributed by atoms with van der Waals surface area (Å²) < 4.78 is 5.16. The van der Waals surface area contributed by atoms with Gasteiger partial charge in [-0.25, -0.2) is 4.79 Å². The van der Waals surface area contributed by atoms with Gasteiger partial charge in [0, 0.05) is 12.1 Å². The molecule has 152 valence electrons.